The number of nitrogens with zero attached hydrogens (tertiary/aromatic N) is 1. The van der Waals surface area contributed by atoms with E-state index in [1.54, 1.807) is 31.0 Å². The molecule has 0 aliphatic rings. The van der Waals surface area contributed by atoms with E-state index in [0.717, 1.165) is 10.0 Å². The van der Waals surface area contributed by atoms with Crippen molar-refractivity contribution >= 4 is 31.9 Å². The van der Waals surface area contributed by atoms with Crippen LogP contribution in [0.5, 0.6) is 0 Å². The zero-order chi connectivity index (χ0) is 17.7. The molecule has 2 aromatic rings. The first kappa shape index (κ1) is 18.6. The second-order valence-corrected chi connectivity index (χ2v) is 8.00. The predicted octanol–water partition coefficient (Wildman–Crippen LogP) is 3.02. The topological polar surface area (TPSA) is 66.5 Å². The fourth-order valence-corrected chi connectivity index (χ4v) is 3.58. The minimum Gasteiger partial charge on any atom is -0.337 e. The van der Waals surface area contributed by atoms with Gasteiger partial charge in [0.15, 0.2) is 0 Å². The van der Waals surface area contributed by atoms with Crippen LogP contribution in [0.2, 0.25) is 0 Å². The second-order valence-electron chi connectivity index (χ2n) is 5.32. The molecule has 0 radical (unpaired) electrons. The molecule has 0 saturated heterocycles. The molecule has 5 nitrogen and oxygen atoms in total. The maximum atomic E-state index is 12.6. The summed E-state index contributed by atoms with van der Waals surface area (Å²) in [5, 5.41) is 0. The third kappa shape index (κ3) is 4.66. The van der Waals surface area contributed by atoms with E-state index in [9.17, 15) is 13.2 Å². The molecule has 0 unspecified atom stereocenters. The van der Waals surface area contributed by atoms with E-state index in [2.05, 4.69) is 20.7 Å². The van der Waals surface area contributed by atoms with Crippen LogP contribution in [0.1, 0.15) is 22.8 Å². The lowest BCUT2D eigenvalue weighted by atomic mass is 10.1. The van der Waals surface area contributed by atoms with E-state index in [4.69, 9.17) is 0 Å². The Kier molecular flexibility index (Phi) is 6.15. The standard InChI is InChI=1S/C17H19BrN2O3S/c1-3-19-24(22,23)16-6-4-5-14(11-16)17(21)20(2)12-13-7-9-15(18)10-8-13/h4-11,19H,3,12H2,1-2H3. The lowest BCUT2D eigenvalue weighted by Crippen LogP contribution is -2.27. The molecule has 0 fully saturated rings. The van der Waals surface area contributed by atoms with Crippen LogP contribution in [-0.4, -0.2) is 32.8 Å². The van der Waals surface area contributed by atoms with Gasteiger partial charge in [0, 0.05) is 30.2 Å². The first-order valence-electron chi connectivity index (χ1n) is 7.43. The zero-order valence-corrected chi connectivity index (χ0v) is 15.9. The van der Waals surface area contributed by atoms with Crippen molar-refractivity contribution in [2.45, 2.75) is 18.4 Å². The summed E-state index contributed by atoms with van der Waals surface area (Å²) < 4.78 is 27.5. The number of hydrogen-bond donors (Lipinski definition) is 1. The van der Waals surface area contributed by atoms with Crippen molar-refractivity contribution < 1.29 is 13.2 Å². The Balaban J connectivity index is 2.18. The molecule has 0 bridgehead atoms. The quantitative estimate of drug-likeness (QED) is 0.795. The monoisotopic (exact) mass is 410 g/mol. The first-order valence-corrected chi connectivity index (χ1v) is 9.70. The highest BCUT2D eigenvalue weighted by atomic mass is 79.9. The maximum Gasteiger partial charge on any atom is 0.253 e. The third-order valence-corrected chi connectivity index (χ3v) is 5.48. The Labute approximate surface area is 150 Å². The Morgan fingerprint density at radius 1 is 1.17 bits per heavy atom. The number of rotatable bonds is 6. The molecule has 128 valence electrons. The Morgan fingerprint density at radius 3 is 2.46 bits per heavy atom. The van der Waals surface area contributed by atoms with Crippen LogP contribution in [0.4, 0.5) is 0 Å². The van der Waals surface area contributed by atoms with Gasteiger partial charge < -0.3 is 4.90 Å². The molecule has 0 aliphatic heterocycles. The molecule has 1 N–H and O–H groups in total. The molecule has 0 heterocycles. The summed E-state index contributed by atoms with van der Waals surface area (Å²) in [5.41, 5.74) is 1.33. The number of nitrogens with one attached hydrogen (secondary N) is 1. The Bertz CT molecular complexity index is 820. The van der Waals surface area contributed by atoms with Crippen LogP contribution in [0.15, 0.2) is 57.9 Å². The van der Waals surface area contributed by atoms with Crippen molar-refractivity contribution in [1.29, 1.82) is 0 Å². The summed E-state index contributed by atoms with van der Waals surface area (Å²) in [7, 11) is -1.89. The van der Waals surface area contributed by atoms with Gasteiger partial charge in [-0.2, -0.15) is 0 Å². The van der Waals surface area contributed by atoms with Crippen molar-refractivity contribution in [3.63, 3.8) is 0 Å². The largest absolute Gasteiger partial charge is 0.337 e. The second kappa shape index (κ2) is 7.92. The molecule has 0 aliphatic carbocycles. The van der Waals surface area contributed by atoms with Gasteiger partial charge in [-0.15, -0.1) is 0 Å². The summed E-state index contributed by atoms with van der Waals surface area (Å²) in [6, 6.07) is 13.8. The van der Waals surface area contributed by atoms with Crippen molar-refractivity contribution in [2.75, 3.05) is 13.6 Å². The van der Waals surface area contributed by atoms with Gasteiger partial charge in [-0.05, 0) is 35.9 Å². The average molecular weight is 411 g/mol. The molecular formula is C17H19BrN2O3S. The van der Waals surface area contributed by atoms with Crippen molar-refractivity contribution in [3.05, 3.63) is 64.1 Å². The summed E-state index contributed by atoms with van der Waals surface area (Å²) in [5.74, 6) is -0.230. The number of carbonyl (C=O) groups excluding carboxylic acids is 1. The number of benzene rings is 2. The highest BCUT2D eigenvalue weighted by molar-refractivity contribution is 9.10. The molecule has 24 heavy (non-hydrogen) atoms. The molecule has 0 saturated carbocycles. The highest BCUT2D eigenvalue weighted by Crippen LogP contribution is 2.15. The normalized spacial score (nSPS) is 11.3. The molecule has 2 aromatic carbocycles. The van der Waals surface area contributed by atoms with Crippen LogP contribution in [-0.2, 0) is 16.6 Å². The van der Waals surface area contributed by atoms with Crippen molar-refractivity contribution in [1.82, 2.24) is 9.62 Å². The van der Waals surface area contributed by atoms with Gasteiger partial charge in [-0.25, -0.2) is 13.1 Å². The summed E-state index contributed by atoms with van der Waals surface area (Å²) in [4.78, 5) is 14.2. The van der Waals surface area contributed by atoms with Gasteiger partial charge in [0.2, 0.25) is 10.0 Å². The SMILES string of the molecule is CCNS(=O)(=O)c1cccc(C(=O)N(C)Cc2ccc(Br)cc2)c1. The fraction of sp³-hybridized carbons (Fsp3) is 0.235. The van der Waals surface area contributed by atoms with Gasteiger partial charge in [0.1, 0.15) is 0 Å². The lowest BCUT2D eigenvalue weighted by molar-refractivity contribution is 0.0785. The van der Waals surface area contributed by atoms with E-state index in [1.807, 2.05) is 24.3 Å². The van der Waals surface area contributed by atoms with Crippen LogP contribution >= 0.6 is 15.9 Å². The third-order valence-electron chi connectivity index (χ3n) is 3.41. The number of hydrogen-bond acceptors (Lipinski definition) is 3. The molecule has 2 rings (SSSR count). The van der Waals surface area contributed by atoms with E-state index in [0.29, 0.717) is 18.7 Å². The molecule has 1 amide bonds. The number of amides is 1. The Hall–Kier alpha value is -1.70. The molecule has 0 spiro atoms. The van der Waals surface area contributed by atoms with E-state index >= 15 is 0 Å². The minimum atomic E-state index is -3.58. The average Bonchev–Trinajstić information content (AvgIpc) is 2.56. The predicted molar refractivity (Wildman–Crippen MR) is 97.2 cm³/mol. The van der Waals surface area contributed by atoms with Crippen molar-refractivity contribution in [2.24, 2.45) is 0 Å². The maximum absolute atomic E-state index is 12.6. The number of halogens is 1. The molecule has 7 heteroatoms. The van der Waals surface area contributed by atoms with Gasteiger partial charge in [0.05, 0.1) is 4.90 Å². The number of carbonyl (C=O) groups is 1. The molecular weight excluding hydrogens is 392 g/mol. The van der Waals surface area contributed by atoms with Crippen LogP contribution in [0.25, 0.3) is 0 Å². The van der Waals surface area contributed by atoms with E-state index in [-0.39, 0.29) is 10.8 Å². The fourth-order valence-electron chi connectivity index (χ4n) is 2.23. The van der Waals surface area contributed by atoms with E-state index < -0.39 is 10.0 Å². The van der Waals surface area contributed by atoms with Gasteiger partial charge in [-0.3, -0.25) is 4.79 Å². The van der Waals surface area contributed by atoms with Crippen molar-refractivity contribution in [3.8, 4) is 0 Å². The number of sulfonamides is 1. The summed E-state index contributed by atoms with van der Waals surface area (Å²) >= 11 is 3.37. The summed E-state index contributed by atoms with van der Waals surface area (Å²) in [6.07, 6.45) is 0. The van der Waals surface area contributed by atoms with Gasteiger partial charge in [0.25, 0.3) is 5.91 Å². The van der Waals surface area contributed by atoms with E-state index in [1.165, 1.54) is 12.1 Å². The zero-order valence-electron chi connectivity index (χ0n) is 13.5. The molecule has 0 aromatic heterocycles. The highest BCUT2D eigenvalue weighted by Gasteiger charge is 2.17. The summed E-state index contributed by atoms with van der Waals surface area (Å²) in [6.45, 7) is 2.44. The van der Waals surface area contributed by atoms with Gasteiger partial charge in [-0.1, -0.05) is 41.1 Å². The molecule has 0 atom stereocenters. The van der Waals surface area contributed by atoms with Gasteiger partial charge >= 0.3 is 0 Å². The first-order chi connectivity index (χ1) is 11.3. The Morgan fingerprint density at radius 2 is 1.83 bits per heavy atom. The smallest absolute Gasteiger partial charge is 0.253 e. The van der Waals surface area contributed by atoms with Crippen LogP contribution < -0.4 is 4.72 Å². The van der Waals surface area contributed by atoms with Crippen LogP contribution in [0, 0.1) is 0 Å². The minimum absolute atomic E-state index is 0.0900. The van der Waals surface area contributed by atoms with Crippen LogP contribution in [0.3, 0.4) is 0 Å². The lowest BCUT2D eigenvalue weighted by Gasteiger charge is -2.18.